The molecule has 0 radical (unpaired) electrons. The molecule has 0 fully saturated rings. The first-order valence-corrected chi connectivity index (χ1v) is 10.1. The standard InChI is InChI=1S/C23H18ClF2N3O3/c24-14-4-2-13(3-5-14)11-28-22(32)16-12-27-20-15(21(16)31)10-17(25)18(19(20)26)23(7-9-30)6-1-8-29-23/h1-6,8,10,12,30H,7,9,11H2,(H,27,31)(H,28,32). The molecule has 9 heteroatoms. The van der Waals surface area contributed by atoms with Crippen molar-refractivity contribution in [3.8, 4) is 0 Å². The molecule has 0 spiro atoms. The number of nitrogens with zero attached hydrogens (tertiary/aromatic N) is 1. The van der Waals surface area contributed by atoms with Gasteiger partial charge in [0.25, 0.3) is 5.91 Å². The first kappa shape index (κ1) is 21.9. The molecule has 4 rings (SSSR count). The number of H-pyrrole nitrogens is 1. The minimum atomic E-state index is -1.40. The summed E-state index contributed by atoms with van der Waals surface area (Å²) in [5, 5.41) is 12.2. The van der Waals surface area contributed by atoms with Crippen LogP contribution in [0.15, 0.2) is 58.5 Å². The fourth-order valence-electron chi connectivity index (χ4n) is 3.75. The molecule has 1 aliphatic rings. The van der Waals surface area contributed by atoms with Crippen LogP contribution < -0.4 is 10.7 Å². The zero-order valence-corrected chi connectivity index (χ0v) is 17.4. The Kier molecular flexibility index (Phi) is 5.90. The van der Waals surface area contributed by atoms with Gasteiger partial charge in [-0.2, -0.15) is 0 Å². The van der Waals surface area contributed by atoms with Gasteiger partial charge in [-0.15, -0.1) is 0 Å². The SMILES string of the molecule is O=C(NCc1ccc(Cl)cc1)c1c[nH]c2c(F)c(C3(CCO)C=CC=N3)c(F)cc2c1=O. The van der Waals surface area contributed by atoms with Crippen LogP contribution in [0.3, 0.4) is 0 Å². The zero-order valence-electron chi connectivity index (χ0n) is 16.7. The van der Waals surface area contributed by atoms with Crippen molar-refractivity contribution in [3.05, 3.63) is 92.3 Å². The second-order valence-electron chi connectivity index (χ2n) is 7.35. The van der Waals surface area contributed by atoms with Crippen molar-refractivity contribution < 1.29 is 18.7 Å². The molecule has 0 saturated heterocycles. The predicted molar refractivity (Wildman–Crippen MR) is 118 cm³/mol. The van der Waals surface area contributed by atoms with Gasteiger partial charge in [0.2, 0.25) is 5.43 Å². The van der Waals surface area contributed by atoms with E-state index in [2.05, 4.69) is 15.3 Å². The third kappa shape index (κ3) is 3.83. The number of aliphatic hydroxyl groups excluding tert-OH is 1. The van der Waals surface area contributed by atoms with Gasteiger partial charge in [0.05, 0.1) is 16.5 Å². The fraction of sp³-hybridized carbons (Fsp3) is 0.174. The Morgan fingerprint density at radius 1 is 1.25 bits per heavy atom. The molecule has 32 heavy (non-hydrogen) atoms. The van der Waals surface area contributed by atoms with E-state index in [0.717, 1.165) is 17.8 Å². The van der Waals surface area contributed by atoms with Crippen molar-refractivity contribution in [2.24, 2.45) is 4.99 Å². The number of aliphatic imine (C=N–C) groups is 1. The summed E-state index contributed by atoms with van der Waals surface area (Å²) in [6, 6.07) is 7.68. The molecule has 1 atom stereocenters. The lowest BCUT2D eigenvalue weighted by Crippen LogP contribution is -2.29. The molecule has 2 heterocycles. The van der Waals surface area contributed by atoms with Crippen molar-refractivity contribution in [1.82, 2.24) is 10.3 Å². The molecule has 1 amide bonds. The van der Waals surface area contributed by atoms with Gasteiger partial charge < -0.3 is 15.4 Å². The number of amides is 1. The highest BCUT2D eigenvalue weighted by molar-refractivity contribution is 6.30. The number of hydrogen-bond donors (Lipinski definition) is 3. The van der Waals surface area contributed by atoms with Gasteiger partial charge >= 0.3 is 0 Å². The van der Waals surface area contributed by atoms with E-state index >= 15 is 8.78 Å². The average molecular weight is 458 g/mol. The maximum Gasteiger partial charge on any atom is 0.257 e. The molecule has 1 aromatic heterocycles. The molecular formula is C23H18ClF2N3O3. The van der Waals surface area contributed by atoms with E-state index in [1.807, 2.05) is 0 Å². The van der Waals surface area contributed by atoms with Crippen LogP contribution in [-0.4, -0.2) is 28.8 Å². The van der Waals surface area contributed by atoms with Crippen LogP contribution in [0.5, 0.6) is 0 Å². The highest BCUT2D eigenvalue weighted by Gasteiger charge is 2.37. The Labute approximate surface area is 186 Å². The number of aromatic nitrogens is 1. The molecule has 164 valence electrons. The van der Waals surface area contributed by atoms with Gasteiger partial charge in [0.1, 0.15) is 16.9 Å². The van der Waals surface area contributed by atoms with Gasteiger partial charge in [-0.05, 0) is 29.8 Å². The number of aliphatic hydroxyl groups is 1. The summed E-state index contributed by atoms with van der Waals surface area (Å²) < 4.78 is 30.4. The maximum atomic E-state index is 15.4. The molecule has 2 aromatic carbocycles. The lowest BCUT2D eigenvalue weighted by atomic mass is 9.86. The highest BCUT2D eigenvalue weighted by Crippen LogP contribution is 2.38. The van der Waals surface area contributed by atoms with E-state index in [1.54, 1.807) is 24.3 Å². The number of nitrogens with one attached hydrogen (secondary N) is 2. The molecular weight excluding hydrogens is 440 g/mol. The number of rotatable bonds is 6. The molecule has 3 aromatic rings. The van der Waals surface area contributed by atoms with Crippen molar-refractivity contribution in [1.29, 1.82) is 0 Å². The van der Waals surface area contributed by atoms with Gasteiger partial charge in [0, 0.05) is 37.0 Å². The van der Waals surface area contributed by atoms with Gasteiger partial charge in [0.15, 0.2) is 5.82 Å². The summed E-state index contributed by atoms with van der Waals surface area (Å²) in [5.41, 5.74) is -2.34. The lowest BCUT2D eigenvalue weighted by molar-refractivity contribution is 0.0949. The van der Waals surface area contributed by atoms with Crippen molar-refractivity contribution in [3.63, 3.8) is 0 Å². The van der Waals surface area contributed by atoms with Gasteiger partial charge in [-0.1, -0.05) is 29.8 Å². The van der Waals surface area contributed by atoms with Crippen LogP contribution in [0.4, 0.5) is 8.78 Å². The molecule has 6 nitrogen and oxygen atoms in total. The number of carbonyl (C=O) groups excluding carboxylic acids is 1. The van der Waals surface area contributed by atoms with E-state index in [-0.39, 0.29) is 41.6 Å². The summed E-state index contributed by atoms with van der Waals surface area (Å²) in [5.74, 6) is -2.67. The normalized spacial score (nSPS) is 17.2. The quantitative estimate of drug-likeness (QED) is 0.527. The Bertz CT molecular complexity index is 1300. The summed E-state index contributed by atoms with van der Waals surface area (Å²) in [6.45, 7) is -0.203. The van der Waals surface area contributed by atoms with E-state index < -0.39 is 28.5 Å². The molecule has 0 aliphatic carbocycles. The number of fused-ring (bicyclic) bond motifs is 1. The number of carbonyl (C=O) groups is 1. The van der Waals surface area contributed by atoms with E-state index in [9.17, 15) is 14.7 Å². The number of allylic oxidation sites excluding steroid dienone is 1. The molecule has 1 unspecified atom stereocenters. The lowest BCUT2D eigenvalue weighted by Gasteiger charge is -2.25. The first-order valence-electron chi connectivity index (χ1n) is 9.77. The summed E-state index contributed by atoms with van der Waals surface area (Å²) in [6.07, 6.45) is 5.49. The Morgan fingerprint density at radius 3 is 2.66 bits per heavy atom. The van der Waals surface area contributed by atoms with Crippen LogP contribution in [0, 0.1) is 11.6 Å². The van der Waals surface area contributed by atoms with Crippen molar-refractivity contribution in [2.45, 2.75) is 18.5 Å². The second kappa shape index (κ2) is 8.64. The Hall–Kier alpha value is -3.36. The summed E-state index contributed by atoms with van der Waals surface area (Å²) in [7, 11) is 0. The molecule has 3 N–H and O–H groups in total. The molecule has 0 saturated carbocycles. The van der Waals surface area contributed by atoms with E-state index in [4.69, 9.17) is 11.6 Å². The highest BCUT2D eigenvalue weighted by atomic mass is 35.5. The zero-order chi connectivity index (χ0) is 22.9. The third-order valence-corrected chi connectivity index (χ3v) is 5.62. The Morgan fingerprint density at radius 2 is 2.00 bits per heavy atom. The summed E-state index contributed by atoms with van der Waals surface area (Å²) >= 11 is 5.83. The monoisotopic (exact) mass is 457 g/mol. The minimum Gasteiger partial charge on any atom is -0.396 e. The fourth-order valence-corrected chi connectivity index (χ4v) is 3.88. The van der Waals surface area contributed by atoms with Crippen LogP contribution in [-0.2, 0) is 12.1 Å². The summed E-state index contributed by atoms with van der Waals surface area (Å²) in [4.78, 5) is 32.1. The van der Waals surface area contributed by atoms with Gasteiger partial charge in [-0.25, -0.2) is 8.78 Å². The van der Waals surface area contributed by atoms with Crippen molar-refractivity contribution in [2.75, 3.05) is 6.61 Å². The van der Waals surface area contributed by atoms with Crippen LogP contribution in [0.25, 0.3) is 10.9 Å². The Balaban J connectivity index is 1.71. The number of pyridine rings is 1. The first-order chi connectivity index (χ1) is 15.4. The topological polar surface area (TPSA) is 94.6 Å². The molecule has 0 bridgehead atoms. The number of hydrogen-bond acceptors (Lipinski definition) is 4. The number of halogens is 3. The van der Waals surface area contributed by atoms with Gasteiger partial charge in [-0.3, -0.25) is 14.6 Å². The average Bonchev–Trinajstić information content (AvgIpc) is 3.23. The largest absolute Gasteiger partial charge is 0.396 e. The molecule has 1 aliphatic heterocycles. The second-order valence-corrected chi connectivity index (χ2v) is 7.78. The minimum absolute atomic E-state index is 0.0330. The van der Waals surface area contributed by atoms with E-state index in [1.165, 1.54) is 18.4 Å². The third-order valence-electron chi connectivity index (χ3n) is 5.37. The predicted octanol–water partition coefficient (Wildman–Crippen LogP) is 3.61. The number of aromatic amines is 1. The van der Waals surface area contributed by atoms with Crippen LogP contribution >= 0.6 is 11.6 Å². The number of benzene rings is 2. The van der Waals surface area contributed by atoms with E-state index in [0.29, 0.717) is 5.02 Å². The van der Waals surface area contributed by atoms with Crippen molar-refractivity contribution >= 4 is 34.6 Å². The van der Waals surface area contributed by atoms with Crippen LogP contribution in [0.1, 0.15) is 27.9 Å². The van der Waals surface area contributed by atoms with Crippen LogP contribution in [0.2, 0.25) is 5.02 Å². The smallest absolute Gasteiger partial charge is 0.257 e. The maximum absolute atomic E-state index is 15.4.